The van der Waals surface area contributed by atoms with Crippen LogP contribution in [-0.2, 0) is 10.0 Å². The molecule has 21 heavy (non-hydrogen) atoms. The highest BCUT2D eigenvalue weighted by molar-refractivity contribution is 9.10. The van der Waals surface area contributed by atoms with Crippen LogP contribution in [0.2, 0.25) is 0 Å². The highest BCUT2D eigenvalue weighted by Gasteiger charge is 2.30. The molecule has 1 aliphatic heterocycles. The summed E-state index contributed by atoms with van der Waals surface area (Å²) in [5.41, 5.74) is 7.34. The molecule has 118 valence electrons. The maximum atomic E-state index is 11.6. The van der Waals surface area contributed by atoms with E-state index in [1.54, 1.807) is 0 Å². The summed E-state index contributed by atoms with van der Waals surface area (Å²) in [6, 6.07) is 8.22. The topological polar surface area (TPSA) is 66.6 Å². The number of rotatable bonds is 4. The van der Waals surface area contributed by atoms with Gasteiger partial charge in [0, 0.05) is 42.7 Å². The summed E-state index contributed by atoms with van der Waals surface area (Å²) in [5, 5.41) is 0. The Labute approximate surface area is 135 Å². The van der Waals surface area contributed by atoms with Gasteiger partial charge in [-0.05, 0) is 24.6 Å². The van der Waals surface area contributed by atoms with Crippen LogP contribution in [0.15, 0.2) is 28.7 Å². The van der Waals surface area contributed by atoms with Gasteiger partial charge in [-0.1, -0.05) is 28.1 Å². The number of nitrogens with zero attached hydrogens (tertiary/aromatic N) is 2. The van der Waals surface area contributed by atoms with E-state index < -0.39 is 10.0 Å². The van der Waals surface area contributed by atoms with E-state index in [4.69, 9.17) is 5.73 Å². The summed E-state index contributed by atoms with van der Waals surface area (Å²) in [4.78, 5) is 2.27. The van der Waals surface area contributed by atoms with Crippen molar-refractivity contribution >= 4 is 26.0 Å². The molecule has 0 aromatic heterocycles. The van der Waals surface area contributed by atoms with Crippen molar-refractivity contribution in [3.63, 3.8) is 0 Å². The van der Waals surface area contributed by atoms with Gasteiger partial charge < -0.3 is 5.73 Å². The molecule has 1 aromatic carbocycles. The van der Waals surface area contributed by atoms with Gasteiger partial charge in [0.15, 0.2) is 0 Å². The minimum absolute atomic E-state index is 0.0240. The van der Waals surface area contributed by atoms with Crippen molar-refractivity contribution in [3.05, 3.63) is 34.3 Å². The molecule has 0 aliphatic carbocycles. The largest absolute Gasteiger partial charge is 0.326 e. The summed E-state index contributed by atoms with van der Waals surface area (Å²) in [5.74, 6) is 0. The summed E-state index contributed by atoms with van der Waals surface area (Å²) < 4.78 is 25.7. The van der Waals surface area contributed by atoms with Gasteiger partial charge in [-0.2, -0.15) is 4.31 Å². The van der Waals surface area contributed by atoms with Gasteiger partial charge in [0.1, 0.15) is 0 Å². The fourth-order valence-corrected chi connectivity index (χ4v) is 4.09. The second-order valence-electron chi connectivity index (χ2n) is 5.56. The molecule has 1 heterocycles. The lowest BCUT2D eigenvalue weighted by atomic mass is 9.98. The first-order valence-electron chi connectivity index (χ1n) is 6.99. The quantitative estimate of drug-likeness (QED) is 0.863. The average Bonchev–Trinajstić information content (AvgIpc) is 2.38. The fourth-order valence-electron chi connectivity index (χ4n) is 2.85. The Bertz CT molecular complexity index is 584. The predicted molar refractivity (Wildman–Crippen MR) is 88.5 cm³/mol. The Morgan fingerprint density at radius 2 is 1.86 bits per heavy atom. The zero-order valence-electron chi connectivity index (χ0n) is 12.4. The maximum Gasteiger partial charge on any atom is 0.211 e. The molecule has 0 radical (unpaired) electrons. The standard InChI is InChI=1S/C14H22BrN3O2S/c1-11(16)14(12-4-3-5-13(15)10-12)17-6-8-18(9-7-17)21(2,19)20/h3-5,10-11,14H,6-9,16H2,1-2H3. The van der Waals surface area contributed by atoms with Crippen molar-refractivity contribution in [1.29, 1.82) is 0 Å². The number of piperazine rings is 1. The molecule has 2 N–H and O–H groups in total. The third-order valence-corrected chi connectivity index (χ3v) is 5.62. The molecule has 1 aliphatic rings. The molecule has 2 atom stereocenters. The van der Waals surface area contributed by atoms with Crippen molar-refractivity contribution in [2.24, 2.45) is 5.73 Å². The first-order valence-corrected chi connectivity index (χ1v) is 9.63. The SMILES string of the molecule is CC(N)C(c1cccc(Br)c1)N1CCN(S(C)(=O)=O)CC1. The van der Waals surface area contributed by atoms with E-state index in [-0.39, 0.29) is 12.1 Å². The van der Waals surface area contributed by atoms with Crippen LogP contribution in [0.4, 0.5) is 0 Å². The van der Waals surface area contributed by atoms with Gasteiger partial charge in [0.05, 0.1) is 6.26 Å². The van der Waals surface area contributed by atoms with E-state index in [2.05, 4.69) is 33.0 Å². The number of nitrogens with two attached hydrogens (primary N) is 1. The lowest BCUT2D eigenvalue weighted by molar-refractivity contribution is 0.124. The Morgan fingerprint density at radius 1 is 1.24 bits per heavy atom. The molecular weight excluding hydrogens is 354 g/mol. The highest BCUT2D eigenvalue weighted by atomic mass is 79.9. The smallest absolute Gasteiger partial charge is 0.211 e. The Hall–Kier alpha value is -0.470. The molecule has 0 amide bonds. The third-order valence-electron chi connectivity index (χ3n) is 3.82. The van der Waals surface area contributed by atoms with Gasteiger partial charge in [-0.3, -0.25) is 4.90 Å². The monoisotopic (exact) mass is 375 g/mol. The zero-order chi connectivity index (χ0) is 15.6. The van der Waals surface area contributed by atoms with Crippen LogP contribution in [0.25, 0.3) is 0 Å². The van der Waals surface area contributed by atoms with Crippen LogP contribution < -0.4 is 5.73 Å². The molecule has 1 aromatic rings. The molecule has 7 heteroatoms. The van der Waals surface area contributed by atoms with Crippen LogP contribution in [0.5, 0.6) is 0 Å². The average molecular weight is 376 g/mol. The molecule has 0 bridgehead atoms. The summed E-state index contributed by atoms with van der Waals surface area (Å²) in [7, 11) is -3.10. The van der Waals surface area contributed by atoms with E-state index in [1.807, 2.05) is 19.1 Å². The predicted octanol–water partition coefficient (Wildman–Crippen LogP) is 1.41. The molecule has 5 nitrogen and oxygen atoms in total. The van der Waals surface area contributed by atoms with Gasteiger partial charge in [-0.25, -0.2) is 8.42 Å². The van der Waals surface area contributed by atoms with Gasteiger partial charge >= 0.3 is 0 Å². The fraction of sp³-hybridized carbons (Fsp3) is 0.571. The van der Waals surface area contributed by atoms with Crippen LogP contribution in [0.1, 0.15) is 18.5 Å². The van der Waals surface area contributed by atoms with Crippen molar-refractivity contribution in [2.45, 2.75) is 19.0 Å². The normalized spacial score (nSPS) is 21.1. The third kappa shape index (κ3) is 4.26. The lowest BCUT2D eigenvalue weighted by Crippen LogP contribution is -2.52. The summed E-state index contributed by atoms with van der Waals surface area (Å²) in [6.45, 7) is 4.44. The van der Waals surface area contributed by atoms with Crippen molar-refractivity contribution in [1.82, 2.24) is 9.21 Å². The zero-order valence-corrected chi connectivity index (χ0v) is 14.8. The summed E-state index contributed by atoms with van der Waals surface area (Å²) >= 11 is 3.49. The van der Waals surface area contributed by atoms with Gasteiger partial charge in [0.25, 0.3) is 0 Å². The van der Waals surface area contributed by atoms with E-state index in [0.717, 1.165) is 10.0 Å². The lowest BCUT2D eigenvalue weighted by Gasteiger charge is -2.40. The minimum atomic E-state index is -3.10. The van der Waals surface area contributed by atoms with Crippen molar-refractivity contribution < 1.29 is 8.42 Å². The van der Waals surface area contributed by atoms with Crippen LogP contribution in [0.3, 0.4) is 0 Å². The molecule has 2 unspecified atom stereocenters. The second kappa shape index (κ2) is 6.75. The first kappa shape index (κ1) is 16.9. The van der Waals surface area contributed by atoms with Crippen LogP contribution in [-0.4, -0.2) is 56.1 Å². The Balaban J connectivity index is 2.15. The van der Waals surface area contributed by atoms with Gasteiger partial charge in [0.2, 0.25) is 10.0 Å². The Morgan fingerprint density at radius 3 is 2.33 bits per heavy atom. The van der Waals surface area contributed by atoms with Crippen molar-refractivity contribution in [2.75, 3.05) is 32.4 Å². The van der Waals surface area contributed by atoms with E-state index >= 15 is 0 Å². The number of sulfonamides is 1. The first-order chi connectivity index (χ1) is 9.79. The molecule has 0 spiro atoms. The number of halogens is 1. The molecular formula is C14H22BrN3O2S. The molecule has 2 rings (SSSR count). The van der Waals surface area contributed by atoms with Crippen LogP contribution in [0, 0.1) is 0 Å². The molecule has 1 fully saturated rings. The highest BCUT2D eigenvalue weighted by Crippen LogP contribution is 2.27. The molecule has 0 saturated carbocycles. The minimum Gasteiger partial charge on any atom is -0.326 e. The molecule has 1 saturated heterocycles. The number of benzene rings is 1. The second-order valence-corrected chi connectivity index (χ2v) is 8.46. The van der Waals surface area contributed by atoms with Crippen molar-refractivity contribution in [3.8, 4) is 0 Å². The number of hydrogen-bond donors (Lipinski definition) is 1. The number of hydrogen-bond acceptors (Lipinski definition) is 4. The summed E-state index contributed by atoms with van der Waals surface area (Å²) in [6.07, 6.45) is 1.26. The van der Waals surface area contributed by atoms with Crippen LogP contribution >= 0.6 is 15.9 Å². The van der Waals surface area contributed by atoms with E-state index in [9.17, 15) is 8.42 Å². The Kier molecular flexibility index (Phi) is 5.43. The maximum absolute atomic E-state index is 11.6. The van der Waals surface area contributed by atoms with E-state index in [1.165, 1.54) is 10.6 Å². The van der Waals surface area contributed by atoms with E-state index in [0.29, 0.717) is 26.2 Å². The van der Waals surface area contributed by atoms with Gasteiger partial charge in [-0.15, -0.1) is 0 Å².